The molecule has 94 valence electrons. The molecule has 0 saturated carbocycles. The summed E-state index contributed by atoms with van der Waals surface area (Å²) in [7, 11) is 1.55. The van der Waals surface area contributed by atoms with E-state index >= 15 is 0 Å². The number of nitrogens with zero attached hydrogens (tertiary/aromatic N) is 1. The molecule has 0 spiro atoms. The Kier molecular flexibility index (Phi) is 3.18. The number of rotatable bonds is 4. The number of carbonyl (C=O) groups is 1. The fourth-order valence-corrected chi connectivity index (χ4v) is 1.51. The monoisotopic (exact) mass is 248 g/mol. The van der Waals surface area contributed by atoms with E-state index < -0.39 is 5.97 Å². The van der Waals surface area contributed by atoms with Gasteiger partial charge in [-0.1, -0.05) is 12.1 Å². The zero-order valence-electron chi connectivity index (χ0n) is 9.93. The summed E-state index contributed by atoms with van der Waals surface area (Å²) in [6, 6.07) is 7.32. The molecule has 2 aromatic rings. The number of aryl methyl sites for hydroxylation is 1. The first-order chi connectivity index (χ1) is 8.61. The largest absolute Gasteiger partial charge is 0.495 e. The number of oxazole rings is 1. The van der Waals surface area contributed by atoms with Crippen LogP contribution in [-0.2, 0) is 0 Å². The van der Waals surface area contributed by atoms with Gasteiger partial charge in [-0.2, -0.15) is 4.98 Å². The summed E-state index contributed by atoms with van der Waals surface area (Å²) in [6.07, 6.45) is 0. The maximum atomic E-state index is 10.8. The SMILES string of the molecule is COc1ccccc1Nc1nc(C)c(C(=O)O)o1. The Morgan fingerprint density at radius 1 is 1.44 bits per heavy atom. The van der Waals surface area contributed by atoms with Crippen LogP contribution >= 0.6 is 0 Å². The van der Waals surface area contributed by atoms with Gasteiger partial charge in [0.1, 0.15) is 5.75 Å². The first-order valence-electron chi connectivity index (χ1n) is 5.22. The summed E-state index contributed by atoms with van der Waals surface area (Å²) in [4.78, 5) is 14.8. The van der Waals surface area contributed by atoms with Crippen LogP contribution in [0.25, 0.3) is 0 Å². The highest BCUT2D eigenvalue weighted by Crippen LogP contribution is 2.27. The molecule has 6 nitrogen and oxygen atoms in total. The number of aromatic nitrogens is 1. The maximum absolute atomic E-state index is 10.8. The molecule has 0 bridgehead atoms. The van der Waals surface area contributed by atoms with E-state index in [0.717, 1.165) is 0 Å². The molecular weight excluding hydrogens is 236 g/mol. The second-order valence-corrected chi connectivity index (χ2v) is 3.56. The maximum Gasteiger partial charge on any atom is 0.373 e. The van der Waals surface area contributed by atoms with Gasteiger partial charge >= 0.3 is 5.97 Å². The smallest absolute Gasteiger partial charge is 0.373 e. The van der Waals surface area contributed by atoms with E-state index in [1.807, 2.05) is 12.1 Å². The minimum Gasteiger partial charge on any atom is -0.495 e. The van der Waals surface area contributed by atoms with Crippen molar-refractivity contribution >= 4 is 17.7 Å². The minimum atomic E-state index is -1.15. The molecule has 1 aromatic heterocycles. The van der Waals surface area contributed by atoms with Gasteiger partial charge in [0.05, 0.1) is 18.5 Å². The van der Waals surface area contributed by atoms with Gasteiger partial charge in [-0.15, -0.1) is 0 Å². The van der Waals surface area contributed by atoms with E-state index in [2.05, 4.69) is 10.3 Å². The molecule has 2 rings (SSSR count). The van der Waals surface area contributed by atoms with Gasteiger partial charge in [-0.3, -0.25) is 0 Å². The summed E-state index contributed by atoms with van der Waals surface area (Å²) < 4.78 is 10.3. The quantitative estimate of drug-likeness (QED) is 0.864. The third-order valence-corrected chi connectivity index (χ3v) is 2.34. The molecule has 0 aliphatic rings. The number of carboxylic acid groups (broad SMARTS) is 1. The number of hydrogen-bond acceptors (Lipinski definition) is 5. The standard InChI is InChI=1S/C12H12N2O4/c1-7-10(11(15)16)18-12(13-7)14-8-5-3-4-6-9(8)17-2/h3-6H,1-2H3,(H,13,14)(H,15,16). The third-order valence-electron chi connectivity index (χ3n) is 2.34. The van der Waals surface area contributed by atoms with Crippen molar-refractivity contribution in [2.45, 2.75) is 6.92 Å². The summed E-state index contributed by atoms with van der Waals surface area (Å²) in [6.45, 7) is 1.57. The van der Waals surface area contributed by atoms with Crippen LogP contribution in [0.15, 0.2) is 28.7 Å². The first kappa shape index (κ1) is 12.0. The first-order valence-corrected chi connectivity index (χ1v) is 5.22. The third kappa shape index (κ3) is 2.27. The Morgan fingerprint density at radius 3 is 2.78 bits per heavy atom. The van der Waals surface area contributed by atoms with Crippen LogP contribution in [0.2, 0.25) is 0 Å². The molecule has 0 unspecified atom stereocenters. The number of benzene rings is 1. The number of ether oxygens (including phenoxy) is 1. The zero-order chi connectivity index (χ0) is 13.1. The van der Waals surface area contributed by atoms with Crippen molar-refractivity contribution in [1.82, 2.24) is 4.98 Å². The number of hydrogen-bond donors (Lipinski definition) is 2. The molecule has 0 radical (unpaired) electrons. The topological polar surface area (TPSA) is 84.6 Å². The van der Waals surface area contributed by atoms with Crippen molar-refractivity contribution in [3.63, 3.8) is 0 Å². The highest BCUT2D eigenvalue weighted by Gasteiger charge is 2.16. The van der Waals surface area contributed by atoms with E-state index in [0.29, 0.717) is 17.1 Å². The lowest BCUT2D eigenvalue weighted by Gasteiger charge is -2.07. The average molecular weight is 248 g/mol. The molecule has 6 heteroatoms. The molecule has 18 heavy (non-hydrogen) atoms. The molecule has 2 N–H and O–H groups in total. The molecule has 0 atom stereocenters. The fraction of sp³-hybridized carbons (Fsp3) is 0.167. The van der Waals surface area contributed by atoms with Gasteiger partial charge in [0.2, 0.25) is 5.76 Å². The molecular formula is C12H12N2O4. The predicted octanol–water partition coefficient (Wildman–Crippen LogP) is 2.43. The van der Waals surface area contributed by atoms with Crippen LogP contribution < -0.4 is 10.1 Å². The normalized spacial score (nSPS) is 10.1. The lowest BCUT2D eigenvalue weighted by molar-refractivity contribution is 0.0662. The number of anilines is 2. The Hall–Kier alpha value is -2.50. The molecule has 1 aromatic carbocycles. The van der Waals surface area contributed by atoms with E-state index in [4.69, 9.17) is 14.3 Å². The van der Waals surface area contributed by atoms with Crippen LogP contribution in [0.1, 0.15) is 16.2 Å². The lowest BCUT2D eigenvalue weighted by atomic mass is 10.3. The van der Waals surface area contributed by atoms with E-state index in [9.17, 15) is 4.79 Å². The predicted molar refractivity (Wildman–Crippen MR) is 64.5 cm³/mol. The number of carboxylic acids is 1. The second-order valence-electron chi connectivity index (χ2n) is 3.56. The molecule has 0 aliphatic heterocycles. The zero-order valence-corrected chi connectivity index (χ0v) is 9.93. The molecule has 0 saturated heterocycles. The van der Waals surface area contributed by atoms with Crippen molar-refractivity contribution in [2.24, 2.45) is 0 Å². The number of methoxy groups -OCH3 is 1. The van der Waals surface area contributed by atoms with Gasteiger partial charge in [-0.05, 0) is 19.1 Å². The van der Waals surface area contributed by atoms with Crippen LogP contribution in [0.5, 0.6) is 5.75 Å². The van der Waals surface area contributed by atoms with Crippen molar-refractivity contribution in [3.8, 4) is 5.75 Å². The van der Waals surface area contributed by atoms with E-state index in [1.165, 1.54) is 0 Å². The highest BCUT2D eigenvalue weighted by molar-refractivity contribution is 5.86. The van der Waals surface area contributed by atoms with Crippen LogP contribution in [-0.4, -0.2) is 23.2 Å². The summed E-state index contributed by atoms with van der Waals surface area (Å²) >= 11 is 0. The van der Waals surface area contributed by atoms with Gasteiger partial charge in [0.25, 0.3) is 6.01 Å². The Balaban J connectivity index is 2.29. The molecule has 0 amide bonds. The highest BCUT2D eigenvalue weighted by atomic mass is 16.5. The second kappa shape index (κ2) is 4.79. The number of aromatic carboxylic acids is 1. The summed E-state index contributed by atoms with van der Waals surface area (Å²) in [5, 5.41) is 11.7. The Labute approximate surface area is 103 Å². The van der Waals surface area contributed by atoms with Gasteiger partial charge < -0.3 is 19.6 Å². The van der Waals surface area contributed by atoms with Crippen molar-refractivity contribution in [3.05, 3.63) is 35.7 Å². The van der Waals surface area contributed by atoms with Gasteiger partial charge in [0, 0.05) is 0 Å². The van der Waals surface area contributed by atoms with Crippen LogP contribution in [0.3, 0.4) is 0 Å². The van der Waals surface area contributed by atoms with Crippen LogP contribution in [0, 0.1) is 6.92 Å². The fourth-order valence-electron chi connectivity index (χ4n) is 1.51. The Morgan fingerprint density at radius 2 is 2.17 bits per heavy atom. The van der Waals surface area contributed by atoms with Gasteiger partial charge in [-0.25, -0.2) is 4.79 Å². The molecule has 1 heterocycles. The minimum absolute atomic E-state index is 0.120. The summed E-state index contributed by atoms with van der Waals surface area (Å²) in [5.74, 6) is -0.703. The van der Waals surface area contributed by atoms with Crippen molar-refractivity contribution < 1.29 is 19.1 Å². The van der Waals surface area contributed by atoms with Crippen molar-refractivity contribution in [2.75, 3.05) is 12.4 Å². The van der Waals surface area contributed by atoms with E-state index in [-0.39, 0.29) is 11.8 Å². The lowest BCUT2D eigenvalue weighted by Crippen LogP contribution is -1.95. The number of nitrogens with one attached hydrogen (secondary N) is 1. The average Bonchev–Trinajstić information content (AvgIpc) is 2.71. The number of para-hydroxylation sites is 2. The van der Waals surface area contributed by atoms with E-state index in [1.54, 1.807) is 26.2 Å². The molecule has 0 aliphatic carbocycles. The molecule has 0 fully saturated rings. The van der Waals surface area contributed by atoms with Gasteiger partial charge in [0.15, 0.2) is 0 Å². The van der Waals surface area contributed by atoms with Crippen LogP contribution in [0.4, 0.5) is 11.7 Å². The summed E-state index contributed by atoms with van der Waals surface area (Å²) in [5.41, 5.74) is 0.970. The Bertz CT molecular complexity index is 577. The van der Waals surface area contributed by atoms with Crippen molar-refractivity contribution in [1.29, 1.82) is 0 Å².